The van der Waals surface area contributed by atoms with Crippen molar-refractivity contribution in [2.45, 2.75) is 33.3 Å². The SMILES string of the molecule is CCCN(CCCl)S(=O)(=O)CCOC(C)C. The predicted molar refractivity (Wildman–Crippen MR) is 67.5 cm³/mol. The van der Waals surface area contributed by atoms with Crippen molar-refractivity contribution in [2.24, 2.45) is 0 Å². The standard InChI is InChI=1S/C10H22ClNO3S/c1-4-6-12(7-5-11)16(13,14)9-8-15-10(2)3/h10H,4-9H2,1-3H3. The Morgan fingerprint density at radius 2 is 1.94 bits per heavy atom. The summed E-state index contributed by atoms with van der Waals surface area (Å²) in [5.74, 6) is 0.354. The Morgan fingerprint density at radius 3 is 2.38 bits per heavy atom. The molecule has 16 heavy (non-hydrogen) atoms. The topological polar surface area (TPSA) is 46.6 Å². The van der Waals surface area contributed by atoms with Crippen LogP contribution in [0.3, 0.4) is 0 Å². The van der Waals surface area contributed by atoms with Crippen LogP contribution in [0.4, 0.5) is 0 Å². The molecule has 0 aliphatic heterocycles. The summed E-state index contributed by atoms with van der Waals surface area (Å²) in [4.78, 5) is 0. The zero-order valence-electron chi connectivity index (χ0n) is 10.3. The number of ether oxygens (including phenoxy) is 1. The molecule has 4 nitrogen and oxygen atoms in total. The average molecular weight is 272 g/mol. The molecule has 6 heteroatoms. The van der Waals surface area contributed by atoms with E-state index in [-0.39, 0.29) is 18.5 Å². The van der Waals surface area contributed by atoms with Gasteiger partial charge in [0.1, 0.15) is 0 Å². The first-order valence-electron chi connectivity index (χ1n) is 5.59. The van der Waals surface area contributed by atoms with Crippen molar-refractivity contribution >= 4 is 21.6 Å². The van der Waals surface area contributed by atoms with Crippen molar-refractivity contribution < 1.29 is 13.2 Å². The molecule has 0 N–H and O–H groups in total. The highest BCUT2D eigenvalue weighted by Gasteiger charge is 2.20. The number of rotatable bonds is 9. The molecule has 0 aromatic carbocycles. The average Bonchev–Trinajstić information content (AvgIpc) is 2.16. The molecule has 0 spiro atoms. The monoisotopic (exact) mass is 271 g/mol. The Labute approximate surface area is 104 Å². The molecule has 0 heterocycles. The van der Waals surface area contributed by atoms with E-state index < -0.39 is 10.0 Å². The van der Waals surface area contributed by atoms with Gasteiger partial charge in [0, 0.05) is 19.0 Å². The fourth-order valence-corrected chi connectivity index (χ4v) is 2.95. The summed E-state index contributed by atoms with van der Waals surface area (Å²) in [6.07, 6.45) is 0.851. The van der Waals surface area contributed by atoms with E-state index in [4.69, 9.17) is 16.3 Å². The van der Waals surface area contributed by atoms with Gasteiger partial charge in [-0.05, 0) is 20.3 Å². The van der Waals surface area contributed by atoms with Gasteiger partial charge in [-0.15, -0.1) is 11.6 Å². The molecule has 0 aliphatic carbocycles. The normalized spacial score (nSPS) is 12.6. The van der Waals surface area contributed by atoms with E-state index in [1.165, 1.54) is 4.31 Å². The third kappa shape index (κ3) is 6.68. The highest BCUT2D eigenvalue weighted by Crippen LogP contribution is 2.04. The molecule has 0 saturated heterocycles. The fourth-order valence-electron chi connectivity index (χ4n) is 1.25. The first-order chi connectivity index (χ1) is 7.44. The lowest BCUT2D eigenvalue weighted by atomic mass is 10.5. The van der Waals surface area contributed by atoms with E-state index in [1.807, 2.05) is 20.8 Å². The summed E-state index contributed by atoms with van der Waals surface area (Å²) in [5.41, 5.74) is 0. The minimum absolute atomic E-state index is 0.0298. The van der Waals surface area contributed by atoms with Gasteiger partial charge in [0.15, 0.2) is 0 Å². The molecule has 0 aromatic heterocycles. The summed E-state index contributed by atoms with van der Waals surface area (Å²) in [7, 11) is -3.22. The van der Waals surface area contributed by atoms with Gasteiger partial charge >= 0.3 is 0 Å². The number of sulfonamides is 1. The Morgan fingerprint density at radius 1 is 1.31 bits per heavy atom. The van der Waals surface area contributed by atoms with Crippen LogP contribution in [-0.2, 0) is 14.8 Å². The molecule has 0 atom stereocenters. The van der Waals surface area contributed by atoms with E-state index in [0.717, 1.165) is 6.42 Å². The van der Waals surface area contributed by atoms with Gasteiger partial charge < -0.3 is 4.74 Å². The van der Waals surface area contributed by atoms with Gasteiger partial charge in [0.2, 0.25) is 10.0 Å². The Balaban J connectivity index is 4.24. The van der Waals surface area contributed by atoms with E-state index in [9.17, 15) is 8.42 Å². The van der Waals surface area contributed by atoms with Crippen molar-refractivity contribution in [1.29, 1.82) is 0 Å². The van der Waals surface area contributed by atoms with Gasteiger partial charge in [-0.3, -0.25) is 0 Å². The van der Waals surface area contributed by atoms with Crippen molar-refractivity contribution in [3.63, 3.8) is 0 Å². The first-order valence-corrected chi connectivity index (χ1v) is 7.73. The minimum atomic E-state index is -3.22. The Hall–Kier alpha value is 0.160. The molecule has 0 fully saturated rings. The van der Waals surface area contributed by atoms with Crippen LogP contribution in [0.2, 0.25) is 0 Å². The quantitative estimate of drug-likeness (QED) is 0.600. The van der Waals surface area contributed by atoms with E-state index in [2.05, 4.69) is 0 Å². The van der Waals surface area contributed by atoms with E-state index in [0.29, 0.717) is 19.0 Å². The zero-order valence-corrected chi connectivity index (χ0v) is 11.9. The van der Waals surface area contributed by atoms with Gasteiger partial charge in [0.05, 0.1) is 18.5 Å². The summed E-state index contributed by atoms with van der Waals surface area (Å²) in [6.45, 7) is 6.85. The van der Waals surface area contributed by atoms with Crippen LogP contribution in [-0.4, -0.2) is 50.2 Å². The molecule has 0 unspecified atom stereocenters. The molecule has 0 aromatic rings. The molecule has 0 amide bonds. The van der Waals surface area contributed by atoms with E-state index in [1.54, 1.807) is 0 Å². The van der Waals surface area contributed by atoms with Crippen LogP contribution in [0, 0.1) is 0 Å². The highest BCUT2D eigenvalue weighted by atomic mass is 35.5. The van der Waals surface area contributed by atoms with Crippen LogP contribution in [0.25, 0.3) is 0 Å². The Bertz CT molecular complexity index is 261. The number of halogens is 1. The van der Waals surface area contributed by atoms with Crippen molar-refractivity contribution in [3.05, 3.63) is 0 Å². The lowest BCUT2D eigenvalue weighted by Crippen LogP contribution is -2.36. The molecule has 0 aliphatic rings. The molecule has 98 valence electrons. The molecule has 0 rings (SSSR count). The second kappa shape index (κ2) is 8.28. The van der Waals surface area contributed by atoms with Crippen molar-refractivity contribution in [2.75, 3.05) is 31.3 Å². The summed E-state index contributed by atoms with van der Waals surface area (Å²) < 4.78 is 30.4. The van der Waals surface area contributed by atoms with Crippen LogP contribution >= 0.6 is 11.6 Å². The summed E-state index contributed by atoms with van der Waals surface area (Å²) >= 11 is 5.59. The third-order valence-electron chi connectivity index (χ3n) is 1.99. The number of nitrogens with zero attached hydrogens (tertiary/aromatic N) is 1. The van der Waals surface area contributed by atoms with Gasteiger partial charge in [-0.1, -0.05) is 6.92 Å². The molecule has 0 radical (unpaired) electrons. The van der Waals surface area contributed by atoms with Gasteiger partial charge in [-0.25, -0.2) is 12.7 Å². The third-order valence-corrected chi connectivity index (χ3v) is 4.00. The molecule has 0 saturated carbocycles. The van der Waals surface area contributed by atoms with Crippen molar-refractivity contribution in [1.82, 2.24) is 4.31 Å². The van der Waals surface area contributed by atoms with Crippen LogP contribution in [0.15, 0.2) is 0 Å². The second-order valence-electron chi connectivity index (χ2n) is 3.82. The smallest absolute Gasteiger partial charge is 0.216 e. The summed E-state index contributed by atoms with van der Waals surface area (Å²) in [5, 5.41) is 0. The largest absolute Gasteiger partial charge is 0.378 e. The number of hydrogen-bond donors (Lipinski definition) is 0. The van der Waals surface area contributed by atoms with Crippen LogP contribution in [0.1, 0.15) is 27.2 Å². The fraction of sp³-hybridized carbons (Fsp3) is 1.00. The first kappa shape index (κ1) is 16.2. The zero-order chi connectivity index (χ0) is 12.6. The minimum Gasteiger partial charge on any atom is -0.378 e. The lowest BCUT2D eigenvalue weighted by Gasteiger charge is -2.20. The summed E-state index contributed by atoms with van der Waals surface area (Å²) in [6, 6.07) is 0. The van der Waals surface area contributed by atoms with E-state index >= 15 is 0 Å². The maximum atomic E-state index is 11.9. The molecular formula is C10H22ClNO3S. The predicted octanol–water partition coefficient (Wildman–Crippen LogP) is 1.69. The Kier molecular flexibility index (Phi) is 8.36. The second-order valence-corrected chi connectivity index (χ2v) is 6.29. The molecular weight excluding hydrogens is 250 g/mol. The van der Waals surface area contributed by atoms with Crippen LogP contribution in [0.5, 0.6) is 0 Å². The number of hydrogen-bond acceptors (Lipinski definition) is 3. The van der Waals surface area contributed by atoms with Gasteiger partial charge in [-0.2, -0.15) is 0 Å². The molecule has 0 bridgehead atoms. The maximum Gasteiger partial charge on any atom is 0.216 e. The maximum absolute atomic E-state index is 11.9. The highest BCUT2D eigenvalue weighted by molar-refractivity contribution is 7.89. The lowest BCUT2D eigenvalue weighted by molar-refractivity contribution is 0.0907. The van der Waals surface area contributed by atoms with Gasteiger partial charge in [0.25, 0.3) is 0 Å². The number of alkyl halides is 1. The van der Waals surface area contributed by atoms with Crippen molar-refractivity contribution in [3.8, 4) is 0 Å². The van der Waals surface area contributed by atoms with Crippen LogP contribution < -0.4 is 0 Å².